The Morgan fingerprint density at radius 1 is 1.27 bits per heavy atom. The van der Waals surface area contributed by atoms with Gasteiger partial charge < -0.3 is 14.8 Å². The first kappa shape index (κ1) is 18.2. The zero-order valence-electron chi connectivity index (χ0n) is 15.5. The average molecular weight is 357 g/mol. The van der Waals surface area contributed by atoms with Crippen LogP contribution in [0.3, 0.4) is 0 Å². The third-order valence-corrected chi connectivity index (χ3v) is 4.44. The lowest BCUT2D eigenvalue weighted by Gasteiger charge is -2.38. The van der Waals surface area contributed by atoms with Crippen molar-refractivity contribution < 1.29 is 18.7 Å². The summed E-state index contributed by atoms with van der Waals surface area (Å²) in [5, 5.41) is 3.06. The van der Waals surface area contributed by atoms with Crippen LogP contribution in [-0.4, -0.2) is 17.6 Å². The van der Waals surface area contributed by atoms with E-state index in [0.29, 0.717) is 12.2 Å². The van der Waals surface area contributed by atoms with Crippen LogP contribution in [0.1, 0.15) is 44.4 Å². The van der Waals surface area contributed by atoms with Crippen molar-refractivity contribution in [3.05, 3.63) is 59.4 Å². The minimum absolute atomic E-state index is 0.152. The molecule has 2 aromatic rings. The molecule has 2 aromatic carbocycles. The van der Waals surface area contributed by atoms with Crippen LogP contribution in [-0.2, 0) is 4.79 Å². The fourth-order valence-corrected chi connectivity index (χ4v) is 3.15. The van der Waals surface area contributed by atoms with Crippen LogP contribution >= 0.6 is 0 Å². The van der Waals surface area contributed by atoms with Gasteiger partial charge in [0.05, 0.1) is 6.04 Å². The Hall–Kier alpha value is -2.56. The summed E-state index contributed by atoms with van der Waals surface area (Å²) in [7, 11) is 0. The van der Waals surface area contributed by atoms with E-state index in [1.54, 1.807) is 6.92 Å². The van der Waals surface area contributed by atoms with Crippen LogP contribution in [0.15, 0.2) is 42.5 Å². The molecule has 0 saturated heterocycles. The van der Waals surface area contributed by atoms with Gasteiger partial charge in [0.1, 0.15) is 22.9 Å². The van der Waals surface area contributed by atoms with Crippen molar-refractivity contribution in [2.24, 2.45) is 0 Å². The van der Waals surface area contributed by atoms with Crippen LogP contribution in [0.2, 0.25) is 0 Å². The van der Waals surface area contributed by atoms with Crippen molar-refractivity contribution in [2.45, 2.75) is 51.9 Å². The van der Waals surface area contributed by atoms with Gasteiger partial charge in [0.2, 0.25) is 0 Å². The lowest BCUT2D eigenvalue weighted by atomic mass is 9.89. The molecule has 1 amide bonds. The number of rotatable bonds is 4. The highest BCUT2D eigenvalue weighted by atomic mass is 19.1. The molecule has 4 nitrogen and oxygen atoms in total. The number of hydrogen-bond donors (Lipinski definition) is 1. The summed E-state index contributed by atoms with van der Waals surface area (Å²) in [6.45, 7) is 7.71. The van der Waals surface area contributed by atoms with E-state index in [4.69, 9.17) is 9.47 Å². The lowest BCUT2D eigenvalue weighted by Crippen LogP contribution is -2.44. The number of carbonyl (C=O) groups is 1. The molecule has 0 fully saturated rings. The zero-order valence-corrected chi connectivity index (χ0v) is 15.5. The number of amides is 1. The van der Waals surface area contributed by atoms with Gasteiger partial charge in [0, 0.05) is 12.0 Å². The predicted molar refractivity (Wildman–Crippen MR) is 97.9 cm³/mol. The third kappa shape index (κ3) is 4.15. The molecule has 0 aromatic heterocycles. The summed E-state index contributed by atoms with van der Waals surface area (Å²) in [4.78, 5) is 12.6. The van der Waals surface area contributed by atoms with Gasteiger partial charge >= 0.3 is 0 Å². The molecule has 0 aliphatic carbocycles. The number of hydrogen-bond acceptors (Lipinski definition) is 3. The Morgan fingerprint density at radius 3 is 2.65 bits per heavy atom. The van der Waals surface area contributed by atoms with Gasteiger partial charge in [-0.25, -0.2) is 4.39 Å². The molecule has 0 spiro atoms. The SMILES string of the molecule is Cc1ccc2c(c1)OC(C)(C)CC2NC(=O)C(C)Oc1ccc(F)cc1. The minimum atomic E-state index is -0.694. The maximum absolute atomic E-state index is 13.0. The fraction of sp³-hybridized carbons (Fsp3) is 0.381. The molecule has 5 heteroatoms. The van der Waals surface area contributed by atoms with Crippen LogP contribution in [0.4, 0.5) is 4.39 Å². The minimum Gasteiger partial charge on any atom is -0.487 e. The first-order chi connectivity index (χ1) is 12.2. The van der Waals surface area contributed by atoms with Crippen molar-refractivity contribution in [2.75, 3.05) is 0 Å². The monoisotopic (exact) mass is 357 g/mol. The Kier molecular flexibility index (Phi) is 4.90. The second kappa shape index (κ2) is 6.98. The fourth-order valence-electron chi connectivity index (χ4n) is 3.15. The first-order valence-electron chi connectivity index (χ1n) is 8.76. The Labute approximate surface area is 153 Å². The van der Waals surface area contributed by atoms with Crippen LogP contribution in [0.5, 0.6) is 11.5 Å². The summed E-state index contributed by atoms with van der Waals surface area (Å²) in [5.74, 6) is 0.699. The molecule has 2 unspecified atom stereocenters. The number of fused-ring (bicyclic) bond motifs is 1. The van der Waals surface area contributed by atoms with E-state index in [2.05, 4.69) is 5.32 Å². The molecular weight excluding hydrogens is 333 g/mol. The molecule has 138 valence electrons. The number of benzene rings is 2. The van der Waals surface area contributed by atoms with Crippen molar-refractivity contribution in [1.82, 2.24) is 5.32 Å². The normalized spacial score (nSPS) is 19.0. The van der Waals surface area contributed by atoms with Crippen LogP contribution in [0, 0.1) is 12.7 Å². The maximum Gasteiger partial charge on any atom is 0.261 e. The predicted octanol–water partition coefficient (Wildman–Crippen LogP) is 4.32. The molecule has 1 aliphatic heterocycles. The van der Waals surface area contributed by atoms with Crippen LogP contribution in [0.25, 0.3) is 0 Å². The van der Waals surface area contributed by atoms with E-state index >= 15 is 0 Å². The van der Waals surface area contributed by atoms with Gasteiger partial charge in [0.25, 0.3) is 5.91 Å². The van der Waals surface area contributed by atoms with E-state index in [0.717, 1.165) is 16.9 Å². The molecule has 1 heterocycles. The first-order valence-corrected chi connectivity index (χ1v) is 8.76. The molecule has 0 saturated carbocycles. The highest BCUT2D eigenvalue weighted by Gasteiger charge is 2.35. The second-order valence-corrected chi connectivity index (χ2v) is 7.38. The van der Waals surface area contributed by atoms with Crippen LogP contribution < -0.4 is 14.8 Å². The van der Waals surface area contributed by atoms with Gasteiger partial charge in [-0.2, -0.15) is 0 Å². The number of aryl methyl sites for hydroxylation is 1. The smallest absolute Gasteiger partial charge is 0.261 e. The van der Waals surface area contributed by atoms with Gasteiger partial charge in [-0.3, -0.25) is 4.79 Å². The Morgan fingerprint density at radius 2 is 1.96 bits per heavy atom. The Bertz CT molecular complexity index is 801. The molecular formula is C21H24FNO3. The molecule has 0 radical (unpaired) electrons. The summed E-state index contributed by atoms with van der Waals surface area (Å²) >= 11 is 0. The number of ether oxygens (including phenoxy) is 2. The third-order valence-electron chi connectivity index (χ3n) is 4.44. The van der Waals surface area contributed by atoms with E-state index in [1.807, 2.05) is 39.0 Å². The zero-order chi connectivity index (χ0) is 18.9. The largest absolute Gasteiger partial charge is 0.487 e. The van der Waals surface area contributed by atoms with Gasteiger partial charge in [0.15, 0.2) is 6.10 Å². The summed E-state index contributed by atoms with van der Waals surface area (Å²) in [6, 6.07) is 11.5. The lowest BCUT2D eigenvalue weighted by molar-refractivity contribution is -0.128. The molecule has 3 rings (SSSR count). The van der Waals surface area contributed by atoms with Crippen molar-refractivity contribution in [1.29, 1.82) is 0 Å². The number of carbonyl (C=O) groups excluding carboxylic acids is 1. The van der Waals surface area contributed by atoms with E-state index in [-0.39, 0.29) is 23.4 Å². The van der Waals surface area contributed by atoms with Gasteiger partial charge in [-0.1, -0.05) is 12.1 Å². The topological polar surface area (TPSA) is 47.6 Å². The average Bonchev–Trinajstić information content (AvgIpc) is 2.55. The standard InChI is InChI=1S/C21H24FNO3/c1-13-5-10-17-18(12-21(3,4)26-19(17)11-13)23-20(24)14(2)25-16-8-6-15(22)7-9-16/h5-11,14,18H,12H2,1-4H3,(H,23,24). The number of halogens is 1. The number of nitrogens with one attached hydrogen (secondary N) is 1. The van der Waals surface area contributed by atoms with Gasteiger partial charge in [-0.15, -0.1) is 0 Å². The quantitative estimate of drug-likeness (QED) is 0.886. The molecule has 26 heavy (non-hydrogen) atoms. The van der Waals surface area contributed by atoms with Gasteiger partial charge in [-0.05, 0) is 63.6 Å². The Balaban J connectivity index is 1.73. The summed E-state index contributed by atoms with van der Waals surface area (Å²) in [5.41, 5.74) is 1.71. The molecule has 0 bridgehead atoms. The summed E-state index contributed by atoms with van der Waals surface area (Å²) in [6.07, 6.45) is -0.0294. The highest BCUT2D eigenvalue weighted by molar-refractivity contribution is 5.81. The molecule has 1 aliphatic rings. The van der Waals surface area contributed by atoms with Crippen molar-refractivity contribution in [3.8, 4) is 11.5 Å². The van der Waals surface area contributed by atoms with E-state index < -0.39 is 6.10 Å². The molecule has 2 atom stereocenters. The highest BCUT2D eigenvalue weighted by Crippen LogP contribution is 2.39. The molecule has 1 N–H and O–H groups in total. The second-order valence-electron chi connectivity index (χ2n) is 7.38. The van der Waals surface area contributed by atoms with Crippen molar-refractivity contribution in [3.63, 3.8) is 0 Å². The summed E-state index contributed by atoms with van der Waals surface area (Å²) < 4.78 is 24.7. The maximum atomic E-state index is 13.0. The van der Waals surface area contributed by atoms with E-state index in [1.165, 1.54) is 24.3 Å². The van der Waals surface area contributed by atoms with Crippen molar-refractivity contribution >= 4 is 5.91 Å². The van der Waals surface area contributed by atoms with E-state index in [9.17, 15) is 9.18 Å².